The van der Waals surface area contributed by atoms with E-state index in [0.717, 1.165) is 31.5 Å². The average molecular weight is 256 g/mol. The molecule has 1 aromatic carbocycles. The molecule has 4 heteroatoms. The van der Waals surface area contributed by atoms with Crippen molar-refractivity contribution in [2.24, 2.45) is 5.92 Å². The highest BCUT2D eigenvalue weighted by Gasteiger charge is 2.20. The van der Waals surface area contributed by atoms with Crippen molar-refractivity contribution in [3.63, 3.8) is 0 Å². The minimum atomic E-state index is -0.440. The van der Waals surface area contributed by atoms with Gasteiger partial charge in [0, 0.05) is 12.3 Å². The Labute approximate surface area is 105 Å². The Hall–Kier alpha value is -0.930. The molecule has 0 aliphatic carbocycles. The fraction of sp³-hybridized carbons (Fsp3) is 0.462. The molecule has 1 fully saturated rings. The Bertz CT molecular complexity index is 416. The Morgan fingerprint density at radius 1 is 1.41 bits per heavy atom. The molecule has 2 nitrogen and oxygen atoms in total. The van der Waals surface area contributed by atoms with Crippen molar-refractivity contribution >= 4 is 17.4 Å². The first-order valence-corrected chi connectivity index (χ1v) is 6.22. The predicted molar refractivity (Wildman–Crippen MR) is 65.7 cm³/mol. The number of rotatable bonds is 3. The minimum Gasteiger partial charge on any atom is -0.317 e. The standard InChI is InChI=1S/C13H15ClFNO/c14-11-7-9(1-2-12(11)15)8-13(17)10-3-5-16-6-4-10/h1-2,7,10,16H,3-6,8H2. The van der Waals surface area contributed by atoms with Gasteiger partial charge in [-0.2, -0.15) is 0 Å². The van der Waals surface area contributed by atoms with Crippen molar-refractivity contribution in [3.05, 3.63) is 34.6 Å². The number of hydrogen-bond acceptors (Lipinski definition) is 2. The minimum absolute atomic E-state index is 0.0839. The lowest BCUT2D eigenvalue weighted by atomic mass is 9.90. The normalized spacial score (nSPS) is 17.1. The average Bonchev–Trinajstić information content (AvgIpc) is 2.35. The summed E-state index contributed by atoms with van der Waals surface area (Å²) in [6.07, 6.45) is 2.15. The molecule has 0 spiro atoms. The number of ketones is 1. The van der Waals surface area contributed by atoms with Crippen LogP contribution in [0.1, 0.15) is 18.4 Å². The second-order valence-corrected chi connectivity index (χ2v) is 4.82. The molecule has 0 amide bonds. The van der Waals surface area contributed by atoms with E-state index in [4.69, 9.17) is 11.6 Å². The summed E-state index contributed by atoms with van der Waals surface area (Å²) in [6.45, 7) is 1.81. The third-order valence-corrected chi connectivity index (χ3v) is 3.45. The summed E-state index contributed by atoms with van der Waals surface area (Å²) in [5.41, 5.74) is 0.792. The first-order valence-electron chi connectivity index (χ1n) is 5.84. The van der Waals surface area contributed by atoms with E-state index in [0.29, 0.717) is 6.42 Å². The van der Waals surface area contributed by atoms with Crippen LogP contribution >= 0.6 is 11.6 Å². The van der Waals surface area contributed by atoms with Gasteiger partial charge in [0.15, 0.2) is 0 Å². The molecule has 1 aromatic rings. The monoisotopic (exact) mass is 255 g/mol. The third-order valence-electron chi connectivity index (χ3n) is 3.16. The third kappa shape index (κ3) is 3.27. The molecule has 17 heavy (non-hydrogen) atoms. The summed E-state index contributed by atoms with van der Waals surface area (Å²) >= 11 is 5.69. The molecule has 0 atom stereocenters. The Kier molecular flexibility index (Phi) is 4.13. The second-order valence-electron chi connectivity index (χ2n) is 4.42. The van der Waals surface area contributed by atoms with Crippen LogP contribution in [-0.2, 0) is 11.2 Å². The van der Waals surface area contributed by atoms with Crippen LogP contribution in [0.5, 0.6) is 0 Å². The van der Waals surface area contributed by atoms with Gasteiger partial charge in [-0.3, -0.25) is 4.79 Å². The van der Waals surface area contributed by atoms with E-state index in [2.05, 4.69) is 5.32 Å². The summed E-state index contributed by atoms with van der Waals surface area (Å²) in [7, 11) is 0. The highest BCUT2D eigenvalue weighted by Crippen LogP contribution is 2.19. The maximum absolute atomic E-state index is 13.0. The molecule has 0 unspecified atom stereocenters. The highest BCUT2D eigenvalue weighted by atomic mass is 35.5. The van der Waals surface area contributed by atoms with Crippen LogP contribution in [-0.4, -0.2) is 18.9 Å². The maximum Gasteiger partial charge on any atom is 0.141 e. The number of piperidine rings is 1. The predicted octanol–water partition coefficient (Wildman–Crippen LogP) is 2.59. The Morgan fingerprint density at radius 3 is 2.76 bits per heavy atom. The van der Waals surface area contributed by atoms with Crippen molar-refractivity contribution in [1.29, 1.82) is 0 Å². The molecule has 1 N–H and O–H groups in total. The zero-order valence-electron chi connectivity index (χ0n) is 9.51. The first kappa shape index (κ1) is 12.5. The molecule has 1 heterocycles. The molecule has 92 valence electrons. The van der Waals surface area contributed by atoms with Gasteiger partial charge in [-0.15, -0.1) is 0 Å². The summed E-state index contributed by atoms with van der Waals surface area (Å²) in [5, 5.41) is 3.31. The zero-order chi connectivity index (χ0) is 12.3. The van der Waals surface area contributed by atoms with Crippen LogP contribution in [0.25, 0.3) is 0 Å². The molecule has 0 bridgehead atoms. The molecule has 0 radical (unpaired) electrons. The Morgan fingerprint density at radius 2 is 2.12 bits per heavy atom. The van der Waals surface area contributed by atoms with E-state index in [9.17, 15) is 9.18 Å². The van der Waals surface area contributed by atoms with Gasteiger partial charge in [0.2, 0.25) is 0 Å². The molecule has 0 saturated carbocycles. The van der Waals surface area contributed by atoms with Crippen LogP contribution in [0.3, 0.4) is 0 Å². The van der Waals surface area contributed by atoms with Gasteiger partial charge in [0.25, 0.3) is 0 Å². The van der Waals surface area contributed by atoms with Gasteiger partial charge < -0.3 is 5.32 Å². The molecule has 1 aliphatic rings. The van der Waals surface area contributed by atoms with Crippen molar-refractivity contribution in [2.75, 3.05) is 13.1 Å². The van der Waals surface area contributed by atoms with E-state index in [1.165, 1.54) is 12.1 Å². The molecule has 0 aromatic heterocycles. The van der Waals surface area contributed by atoms with Crippen LogP contribution in [0.2, 0.25) is 5.02 Å². The molecule has 2 rings (SSSR count). The van der Waals surface area contributed by atoms with Gasteiger partial charge in [0.1, 0.15) is 11.6 Å². The largest absolute Gasteiger partial charge is 0.317 e. The summed E-state index contributed by atoms with van der Waals surface area (Å²) in [5.74, 6) is -0.0704. The van der Waals surface area contributed by atoms with Crippen molar-refractivity contribution in [1.82, 2.24) is 5.32 Å². The van der Waals surface area contributed by atoms with E-state index in [1.807, 2.05) is 0 Å². The topological polar surface area (TPSA) is 29.1 Å². The quantitative estimate of drug-likeness (QED) is 0.900. The maximum atomic E-state index is 13.0. The fourth-order valence-corrected chi connectivity index (χ4v) is 2.34. The fourth-order valence-electron chi connectivity index (χ4n) is 2.14. The molecular weight excluding hydrogens is 241 g/mol. The van der Waals surface area contributed by atoms with Crippen LogP contribution in [0, 0.1) is 11.7 Å². The zero-order valence-corrected chi connectivity index (χ0v) is 10.3. The molecule has 1 aliphatic heterocycles. The van der Waals surface area contributed by atoms with Crippen molar-refractivity contribution < 1.29 is 9.18 Å². The van der Waals surface area contributed by atoms with Gasteiger partial charge in [-0.1, -0.05) is 17.7 Å². The first-order chi connectivity index (χ1) is 8.16. The highest BCUT2D eigenvalue weighted by molar-refractivity contribution is 6.30. The number of nitrogens with one attached hydrogen (secondary N) is 1. The smallest absolute Gasteiger partial charge is 0.141 e. The number of carbonyl (C=O) groups is 1. The van der Waals surface area contributed by atoms with Crippen LogP contribution in [0.15, 0.2) is 18.2 Å². The molecular formula is C13H15ClFNO. The lowest BCUT2D eigenvalue weighted by molar-refractivity contribution is -0.122. The lowest BCUT2D eigenvalue weighted by Crippen LogP contribution is -2.32. The number of carbonyl (C=O) groups excluding carboxylic acids is 1. The van der Waals surface area contributed by atoms with Crippen LogP contribution in [0.4, 0.5) is 4.39 Å². The van der Waals surface area contributed by atoms with Gasteiger partial charge in [-0.05, 0) is 43.6 Å². The summed E-state index contributed by atoms with van der Waals surface area (Å²) in [6, 6.07) is 4.48. The van der Waals surface area contributed by atoms with E-state index in [-0.39, 0.29) is 16.7 Å². The number of Topliss-reactive ketones (excluding diaryl/α,β-unsaturated/α-hetero) is 1. The second kappa shape index (κ2) is 5.61. The molecule has 1 saturated heterocycles. The van der Waals surface area contributed by atoms with Crippen molar-refractivity contribution in [2.45, 2.75) is 19.3 Å². The lowest BCUT2D eigenvalue weighted by Gasteiger charge is -2.21. The number of halogens is 2. The number of benzene rings is 1. The van der Waals surface area contributed by atoms with Gasteiger partial charge >= 0.3 is 0 Å². The van der Waals surface area contributed by atoms with Crippen LogP contribution < -0.4 is 5.32 Å². The summed E-state index contributed by atoms with van der Waals surface area (Å²) in [4.78, 5) is 12.0. The Balaban J connectivity index is 1.99. The van der Waals surface area contributed by atoms with Gasteiger partial charge in [0.05, 0.1) is 5.02 Å². The van der Waals surface area contributed by atoms with E-state index in [1.54, 1.807) is 6.07 Å². The van der Waals surface area contributed by atoms with E-state index >= 15 is 0 Å². The van der Waals surface area contributed by atoms with Crippen molar-refractivity contribution in [3.8, 4) is 0 Å². The number of hydrogen-bond donors (Lipinski definition) is 1. The van der Waals surface area contributed by atoms with E-state index < -0.39 is 5.82 Å². The SMILES string of the molecule is O=C(Cc1ccc(F)c(Cl)c1)C1CCNCC1. The van der Waals surface area contributed by atoms with Gasteiger partial charge in [-0.25, -0.2) is 4.39 Å². The summed E-state index contributed by atoms with van der Waals surface area (Å²) < 4.78 is 13.0.